The van der Waals surface area contributed by atoms with Crippen molar-refractivity contribution in [3.05, 3.63) is 102 Å². The molecule has 0 aliphatic carbocycles. The second-order valence-corrected chi connectivity index (χ2v) is 7.43. The Morgan fingerprint density at radius 1 is 0.621 bits per heavy atom. The lowest BCUT2D eigenvalue weighted by Crippen LogP contribution is -2.42. The summed E-state index contributed by atoms with van der Waals surface area (Å²) in [6.07, 6.45) is 2.09. The Bertz CT molecular complexity index is 1120. The van der Waals surface area contributed by atoms with Crippen LogP contribution in [-0.4, -0.2) is 0 Å². The third kappa shape index (κ3) is 3.52. The van der Waals surface area contributed by atoms with E-state index in [1.54, 1.807) is 0 Å². The first-order valence-electron chi connectivity index (χ1n) is 9.93. The van der Waals surface area contributed by atoms with Gasteiger partial charge in [-0.05, 0) is 49.2 Å². The molecule has 4 aromatic rings. The van der Waals surface area contributed by atoms with Crippen molar-refractivity contribution in [2.24, 2.45) is 14.1 Å². The van der Waals surface area contributed by atoms with Gasteiger partial charge in [-0.2, -0.15) is 4.90 Å². The first-order valence-corrected chi connectivity index (χ1v) is 9.93. The minimum absolute atomic E-state index is 1.11. The average Bonchev–Trinajstić information content (AvgIpc) is 2.73. The van der Waals surface area contributed by atoms with Gasteiger partial charge in [0.25, 0.3) is 11.6 Å². The van der Waals surface area contributed by atoms with Crippen LogP contribution in [0.25, 0.3) is 11.3 Å². The van der Waals surface area contributed by atoms with Gasteiger partial charge in [0.05, 0.1) is 20.3 Å². The van der Waals surface area contributed by atoms with Gasteiger partial charge in [0.15, 0.2) is 0 Å². The van der Waals surface area contributed by atoms with Crippen LogP contribution in [0, 0.1) is 13.8 Å². The van der Waals surface area contributed by atoms with Crippen LogP contribution in [0.1, 0.15) is 11.1 Å². The number of para-hydroxylation sites is 1. The predicted octanol–water partition coefficient (Wildman–Crippen LogP) is 5.09. The molecule has 29 heavy (non-hydrogen) atoms. The highest BCUT2D eigenvalue weighted by molar-refractivity contribution is 5.72. The van der Waals surface area contributed by atoms with Crippen LogP contribution in [0.3, 0.4) is 0 Å². The Balaban J connectivity index is 1.98. The van der Waals surface area contributed by atoms with Crippen molar-refractivity contribution >= 4 is 17.3 Å². The lowest BCUT2D eigenvalue weighted by Gasteiger charge is -2.20. The van der Waals surface area contributed by atoms with E-state index in [1.165, 1.54) is 28.1 Å². The number of rotatable bonds is 4. The number of anilines is 3. The fraction of sp³-hybridized carbons (Fsp3) is 0.154. The molecule has 0 amide bonds. The highest BCUT2D eigenvalue weighted by Crippen LogP contribution is 2.33. The van der Waals surface area contributed by atoms with E-state index in [1.807, 2.05) is 0 Å². The second-order valence-electron chi connectivity index (χ2n) is 7.43. The van der Waals surface area contributed by atoms with Crippen LogP contribution in [0.15, 0.2) is 91.1 Å². The maximum Gasteiger partial charge on any atom is 0.290 e. The zero-order valence-electron chi connectivity index (χ0n) is 17.5. The Morgan fingerprint density at radius 3 is 2.00 bits per heavy atom. The molecule has 0 saturated carbocycles. The van der Waals surface area contributed by atoms with Gasteiger partial charge in [-0.25, -0.2) is 9.13 Å². The van der Waals surface area contributed by atoms with Crippen molar-refractivity contribution in [3.8, 4) is 11.3 Å². The normalized spacial score (nSPS) is 10.8. The van der Waals surface area contributed by atoms with Gasteiger partial charge in [-0.1, -0.05) is 48.5 Å². The summed E-state index contributed by atoms with van der Waals surface area (Å²) >= 11 is 0. The summed E-state index contributed by atoms with van der Waals surface area (Å²) in [6, 6.07) is 29.9. The summed E-state index contributed by atoms with van der Waals surface area (Å²) in [5, 5.41) is 0. The third-order valence-electron chi connectivity index (χ3n) is 5.47. The number of hydrogen-bond acceptors (Lipinski definition) is 1. The highest BCUT2D eigenvalue weighted by Gasteiger charge is 2.29. The minimum Gasteiger partial charge on any atom is -0.236 e. The van der Waals surface area contributed by atoms with Crippen molar-refractivity contribution in [1.82, 2.24) is 0 Å². The van der Waals surface area contributed by atoms with Crippen molar-refractivity contribution < 1.29 is 9.13 Å². The highest BCUT2D eigenvalue weighted by atomic mass is 15.3. The molecule has 0 unspecified atom stereocenters. The Morgan fingerprint density at radius 2 is 1.28 bits per heavy atom. The number of pyridine rings is 2. The molecule has 0 N–H and O–H groups in total. The summed E-state index contributed by atoms with van der Waals surface area (Å²) in [5.41, 5.74) is 6.12. The van der Waals surface area contributed by atoms with Crippen LogP contribution in [-0.2, 0) is 14.1 Å². The topological polar surface area (TPSA) is 11.0 Å². The molecule has 0 saturated heterocycles. The molecule has 3 heteroatoms. The van der Waals surface area contributed by atoms with Gasteiger partial charge in [0.1, 0.15) is 11.4 Å². The second kappa shape index (κ2) is 7.88. The zero-order valence-corrected chi connectivity index (χ0v) is 17.5. The van der Waals surface area contributed by atoms with Crippen LogP contribution in [0.5, 0.6) is 0 Å². The van der Waals surface area contributed by atoms with Crippen molar-refractivity contribution in [2.45, 2.75) is 13.8 Å². The minimum atomic E-state index is 1.11. The van der Waals surface area contributed by atoms with E-state index in [0.717, 1.165) is 11.6 Å². The SMILES string of the molecule is Cc1ccccc1-c1cccc(N(c2ccccc2C)c2cccc[n+]2C)[n+]1C. The van der Waals surface area contributed by atoms with Gasteiger partial charge in [-0.15, -0.1) is 0 Å². The van der Waals surface area contributed by atoms with Gasteiger partial charge >= 0.3 is 0 Å². The molecule has 0 aliphatic heterocycles. The third-order valence-corrected chi connectivity index (χ3v) is 5.47. The number of aryl methyl sites for hydroxylation is 3. The fourth-order valence-corrected chi connectivity index (χ4v) is 3.85. The summed E-state index contributed by atoms with van der Waals surface area (Å²) in [4.78, 5) is 2.33. The molecular weight excluding hydrogens is 354 g/mol. The molecule has 2 aromatic heterocycles. The Hall–Kier alpha value is -3.46. The molecule has 0 spiro atoms. The Kier molecular flexibility index (Phi) is 5.13. The molecule has 0 atom stereocenters. The summed E-state index contributed by atoms with van der Waals surface area (Å²) < 4.78 is 4.44. The standard InChI is InChI=1S/C26H27N3/c1-20-12-5-7-14-22(20)24-16-11-18-26(28(24)4)29(23-15-8-6-13-21(23)2)25-17-9-10-19-27(25)3/h5-19H,1-4H3/q+2. The smallest absolute Gasteiger partial charge is 0.236 e. The lowest BCUT2D eigenvalue weighted by molar-refractivity contribution is -0.663. The van der Waals surface area contributed by atoms with Gasteiger partial charge in [0.2, 0.25) is 0 Å². The molecule has 3 nitrogen and oxygen atoms in total. The van der Waals surface area contributed by atoms with Crippen LogP contribution in [0.2, 0.25) is 0 Å². The van der Waals surface area contributed by atoms with E-state index >= 15 is 0 Å². The van der Waals surface area contributed by atoms with Gasteiger partial charge in [-0.3, -0.25) is 0 Å². The number of aromatic nitrogens is 2. The number of benzene rings is 2. The summed E-state index contributed by atoms with van der Waals surface area (Å²) in [5.74, 6) is 2.22. The molecule has 0 bridgehead atoms. The monoisotopic (exact) mass is 381 g/mol. The summed E-state index contributed by atoms with van der Waals surface area (Å²) in [6.45, 7) is 4.33. The molecule has 144 valence electrons. The van der Waals surface area contributed by atoms with E-state index in [0.29, 0.717) is 0 Å². The maximum absolute atomic E-state index is 2.33. The van der Waals surface area contributed by atoms with E-state index in [-0.39, 0.29) is 0 Å². The first kappa shape index (κ1) is 18.9. The van der Waals surface area contributed by atoms with E-state index in [4.69, 9.17) is 0 Å². The molecule has 0 radical (unpaired) electrons. The van der Waals surface area contributed by atoms with Crippen molar-refractivity contribution in [2.75, 3.05) is 4.90 Å². The zero-order chi connectivity index (χ0) is 20.4. The van der Waals surface area contributed by atoms with Crippen molar-refractivity contribution in [3.63, 3.8) is 0 Å². The van der Waals surface area contributed by atoms with Gasteiger partial charge < -0.3 is 0 Å². The molecule has 0 fully saturated rings. The number of hydrogen-bond donors (Lipinski definition) is 0. The molecule has 2 heterocycles. The van der Waals surface area contributed by atoms with E-state index < -0.39 is 0 Å². The Labute approximate surface area is 173 Å². The average molecular weight is 382 g/mol. The number of nitrogens with zero attached hydrogens (tertiary/aromatic N) is 3. The van der Waals surface area contributed by atoms with Crippen LogP contribution in [0.4, 0.5) is 17.3 Å². The van der Waals surface area contributed by atoms with Crippen LogP contribution < -0.4 is 14.0 Å². The molecule has 0 aliphatic rings. The summed E-state index contributed by atoms with van der Waals surface area (Å²) in [7, 11) is 4.23. The van der Waals surface area contributed by atoms with E-state index in [9.17, 15) is 0 Å². The first-order chi connectivity index (χ1) is 14.1. The molecule has 4 rings (SSSR count). The quantitative estimate of drug-likeness (QED) is 0.448. The fourth-order valence-electron chi connectivity index (χ4n) is 3.85. The van der Waals surface area contributed by atoms with Crippen LogP contribution >= 0.6 is 0 Å². The largest absolute Gasteiger partial charge is 0.290 e. The maximum atomic E-state index is 2.33. The van der Waals surface area contributed by atoms with Crippen molar-refractivity contribution in [1.29, 1.82) is 0 Å². The molecule has 2 aromatic carbocycles. The predicted molar refractivity (Wildman–Crippen MR) is 118 cm³/mol. The van der Waals surface area contributed by atoms with Gasteiger partial charge in [0, 0.05) is 17.7 Å². The molecular formula is C26H27N3+2. The lowest BCUT2D eigenvalue weighted by atomic mass is 10.0. The van der Waals surface area contributed by atoms with E-state index in [2.05, 4.69) is 133 Å².